The Morgan fingerprint density at radius 3 is 3.00 bits per heavy atom. The topological polar surface area (TPSA) is 77.7 Å². The van der Waals surface area contributed by atoms with Gasteiger partial charge in [-0.1, -0.05) is 0 Å². The second-order valence-corrected chi connectivity index (χ2v) is 4.86. The van der Waals surface area contributed by atoms with E-state index in [1.807, 2.05) is 18.9 Å². The number of likely N-dealkylation sites (N-methyl/N-ethyl adjacent to an activating group) is 1. The number of hydrogen-bond donors (Lipinski definition) is 1. The normalized spacial score (nSPS) is 21.8. The molecule has 1 saturated heterocycles. The third kappa shape index (κ3) is 2.70. The molecule has 20 heavy (non-hydrogen) atoms. The van der Waals surface area contributed by atoms with Gasteiger partial charge in [0, 0.05) is 19.9 Å². The van der Waals surface area contributed by atoms with Crippen LogP contribution in [0.3, 0.4) is 0 Å². The number of esters is 1. The molecule has 1 aromatic heterocycles. The number of nitrogens with zero attached hydrogens (tertiary/aromatic N) is 2. The molecule has 6 heteroatoms. The SMILES string of the molecule is CCOC(=O)c1ccnc(N(C)C2CCOC2C)c1N. The summed E-state index contributed by atoms with van der Waals surface area (Å²) in [6, 6.07) is 1.79. The zero-order chi connectivity index (χ0) is 14.7. The van der Waals surface area contributed by atoms with Crippen molar-refractivity contribution in [2.24, 2.45) is 0 Å². The molecular formula is C14H21N3O3. The quantitative estimate of drug-likeness (QED) is 0.841. The van der Waals surface area contributed by atoms with E-state index < -0.39 is 5.97 Å². The Balaban J connectivity index is 2.28. The molecule has 2 atom stereocenters. The van der Waals surface area contributed by atoms with Crippen LogP contribution in [-0.4, -0.2) is 43.4 Å². The first-order chi connectivity index (χ1) is 9.56. The van der Waals surface area contributed by atoms with Gasteiger partial charge in [0.1, 0.15) is 0 Å². The number of carbonyl (C=O) groups is 1. The van der Waals surface area contributed by atoms with Crippen LogP contribution in [0.4, 0.5) is 11.5 Å². The van der Waals surface area contributed by atoms with Gasteiger partial charge in [-0.3, -0.25) is 0 Å². The van der Waals surface area contributed by atoms with Gasteiger partial charge in [0.25, 0.3) is 0 Å². The molecule has 1 fully saturated rings. The Hall–Kier alpha value is -1.82. The molecule has 0 spiro atoms. The van der Waals surface area contributed by atoms with Crippen molar-refractivity contribution in [3.8, 4) is 0 Å². The van der Waals surface area contributed by atoms with Crippen molar-refractivity contribution in [1.29, 1.82) is 0 Å². The molecule has 2 unspecified atom stereocenters. The lowest BCUT2D eigenvalue weighted by Gasteiger charge is -2.29. The summed E-state index contributed by atoms with van der Waals surface area (Å²) in [7, 11) is 1.92. The van der Waals surface area contributed by atoms with Crippen LogP contribution >= 0.6 is 0 Å². The van der Waals surface area contributed by atoms with Crippen LogP contribution in [0.25, 0.3) is 0 Å². The molecule has 0 amide bonds. The third-order valence-electron chi connectivity index (χ3n) is 3.63. The van der Waals surface area contributed by atoms with Gasteiger partial charge in [0.15, 0.2) is 5.82 Å². The molecule has 2 heterocycles. The highest BCUT2D eigenvalue weighted by molar-refractivity contribution is 5.97. The largest absolute Gasteiger partial charge is 0.462 e. The fourth-order valence-electron chi connectivity index (χ4n) is 2.52. The lowest BCUT2D eigenvalue weighted by atomic mass is 10.1. The minimum Gasteiger partial charge on any atom is -0.462 e. The van der Waals surface area contributed by atoms with Gasteiger partial charge in [-0.2, -0.15) is 0 Å². The van der Waals surface area contributed by atoms with Gasteiger partial charge in [-0.05, 0) is 26.3 Å². The van der Waals surface area contributed by atoms with E-state index in [0.29, 0.717) is 23.7 Å². The minimum atomic E-state index is -0.419. The molecule has 1 aromatic rings. The van der Waals surface area contributed by atoms with Crippen molar-refractivity contribution in [1.82, 2.24) is 4.98 Å². The van der Waals surface area contributed by atoms with Crippen LogP contribution < -0.4 is 10.6 Å². The maximum atomic E-state index is 11.9. The lowest BCUT2D eigenvalue weighted by Crippen LogP contribution is -2.37. The molecule has 1 aliphatic heterocycles. The van der Waals surface area contributed by atoms with Crippen molar-refractivity contribution in [2.45, 2.75) is 32.4 Å². The first kappa shape index (κ1) is 14.6. The molecule has 110 valence electrons. The highest BCUT2D eigenvalue weighted by atomic mass is 16.5. The average Bonchev–Trinajstić information content (AvgIpc) is 2.84. The van der Waals surface area contributed by atoms with Crippen molar-refractivity contribution >= 4 is 17.5 Å². The Kier molecular flexibility index (Phi) is 4.44. The van der Waals surface area contributed by atoms with Crippen LogP contribution in [0.15, 0.2) is 12.3 Å². The standard InChI is InChI=1S/C14H21N3O3/c1-4-19-14(18)10-5-7-16-13(12(10)15)17(3)11-6-8-20-9(11)2/h5,7,9,11H,4,6,8,15H2,1-3H3. The molecule has 2 rings (SSSR count). The molecule has 6 nitrogen and oxygen atoms in total. The van der Waals surface area contributed by atoms with Crippen molar-refractivity contribution in [3.63, 3.8) is 0 Å². The van der Waals surface area contributed by atoms with Crippen molar-refractivity contribution in [3.05, 3.63) is 17.8 Å². The fraction of sp³-hybridized carbons (Fsp3) is 0.571. The summed E-state index contributed by atoms with van der Waals surface area (Å²) in [5.41, 5.74) is 6.79. The Bertz CT molecular complexity index is 493. The summed E-state index contributed by atoms with van der Waals surface area (Å²) in [4.78, 5) is 18.1. The van der Waals surface area contributed by atoms with Gasteiger partial charge in [-0.25, -0.2) is 9.78 Å². The van der Waals surface area contributed by atoms with E-state index >= 15 is 0 Å². The first-order valence-electron chi connectivity index (χ1n) is 6.82. The number of nitrogens with two attached hydrogens (primary N) is 1. The fourth-order valence-corrected chi connectivity index (χ4v) is 2.52. The summed E-state index contributed by atoms with van der Waals surface area (Å²) in [5.74, 6) is 0.177. The number of pyridine rings is 1. The van der Waals surface area contributed by atoms with E-state index in [0.717, 1.165) is 13.0 Å². The van der Waals surface area contributed by atoms with Crippen molar-refractivity contribution in [2.75, 3.05) is 30.9 Å². The zero-order valence-electron chi connectivity index (χ0n) is 12.1. The summed E-state index contributed by atoms with van der Waals surface area (Å²) in [6.45, 7) is 4.84. The number of anilines is 2. The predicted molar refractivity (Wildman–Crippen MR) is 76.8 cm³/mol. The highest BCUT2D eigenvalue weighted by Crippen LogP contribution is 2.29. The molecule has 2 N–H and O–H groups in total. The summed E-state index contributed by atoms with van der Waals surface area (Å²) in [6.07, 6.45) is 2.62. The van der Waals surface area contributed by atoms with E-state index in [1.54, 1.807) is 19.2 Å². The number of ether oxygens (including phenoxy) is 2. The summed E-state index contributed by atoms with van der Waals surface area (Å²) in [5, 5.41) is 0. The smallest absolute Gasteiger partial charge is 0.340 e. The molecule has 0 saturated carbocycles. The first-order valence-corrected chi connectivity index (χ1v) is 6.82. The molecular weight excluding hydrogens is 258 g/mol. The van der Waals surface area contributed by atoms with E-state index in [9.17, 15) is 4.79 Å². The number of rotatable bonds is 4. The van der Waals surface area contributed by atoms with Gasteiger partial charge < -0.3 is 20.1 Å². The van der Waals surface area contributed by atoms with E-state index in [1.165, 1.54) is 0 Å². The Morgan fingerprint density at radius 1 is 1.65 bits per heavy atom. The number of nitrogen functional groups attached to an aromatic ring is 1. The van der Waals surface area contributed by atoms with Crippen LogP contribution in [0.1, 0.15) is 30.6 Å². The Labute approximate surface area is 118 Å². The van der Waals surface area contributed by atoms with Crippen LogP contribution in [0.5, 0.6) is 0 Å². The van der Waals surface area contributed by atoms with Gasteiger partial charge in [-0.15, -0.1) is 0 Å². The second-order valence-electron chi connectivity index (χ2n) is 4.86. The molecule has 0 aromatic carbocycles. The molecule has 0 radical (unpaired) electrons. The van der Waals surface area contributed by atoms with Crippen LogP contribution in [0, 0.1) is 0 Å². The predicted octanol–water partition coefficient (Wildman–Crippen LogP) is 1.45. The maximum absolute atomic E-state index is 11.9. The second kappa shape index (κ2) is 6.09. The average molecular weight is 279 g/mol. The van der Waals surface area contributed by atoms with Crippen molar-refractivity contribution < 1.29 is 14.3 Å². The van der Waals surface area contributed by atoms with E-state index in [4.69, 9.17) is 15.2 Å². The van der Waals surface area contributed by atoms with Crippen LogP contribution in [-0.2, 0) is 9.47 Å². The lowest BCUT2D eigenvalue weighted by molar-refractivity contribution is 0.0527. The molecule has 0 aliphatic carbocycles. The highest BCUT2D eigenvalue weighted by Gasteiger charge is 2.30. The maximum Gasteiger partial charge on any atom is 0.340 e. The summed E-state index contributed by atoms with van der Waals surface area (Å²) < 4.78 is 10.6. The van der Waals surface area contributed by atoms with E-state index in [-0.39, 0.29) is 12.1 Å². The minimum absolute atomic E-state index is 0.118. The number of aromatic nitrogens is 1. The van der Waals surface area contributed by atoms with Crippen LogP contribution in [0.2, 0.25) is 0 Å². The monoisotopic (exact) mass is 279 g/mol. The number of hydrogen-bond acceptors (Lipinski definition) is 6. The number of carbonyl (C=O) groups excluding carboxylic acids is 1. The summed E-state index contributed by atoms with van der Waals surface area (Å²) >= 11 is 0. The van der Waals surface area contributed by atoms with Gasteiger partial charge in [0.2, 0.25) is 0 Å². The third-order valence-corrected chi connectivity index (χ3v) is 3.63. The van der Waals surface area contributed by atoms with E-state index in [2.05, 4.69) is 4.98 Å². The van der Waals surface area contributed by atoms with Gasteiger partial charge in [0.05, 0.1) is 30.0 Å². The zero-order valence-corrected chi connectivity index (χ0v) is 12.1. The Morgan fingerprint density at radius 2 is 2.40 bits per heavy atom. The molecule has 1 aliphatic rings. The molecule has 0 bridgehead atoms. The van der Waals surface area contributed by atoms with Gasteiger partial charge >= 0.3 is 5.97 Å².